The maximum atomic E-state index is 12.9. The number of amides is 1. The molecular weight excluding hydrogens is 432 g/mol. The van der Waals surface area contributed by atoms with Crippen LogP contribution in [0.1, 0.15) is 29.1 Å². The number of hydrogen-bond acceptors (Lipinski definition) is 7. The van der Waals surface area contributed by atoms with E-state index in [0.29, 0.717) is 46.6 Å². The molecular formula is C23H23ClN4O4. The number of carbonyl (C=O) groups is 2. The number of halogens is 1. The second-order valence-electron chi connectivity index (χ2n) is 7.59. The van der Waals surface area contributed by atoms with Crippen LogP contribution in [-0.4, -0.2) is 47.1 Å². The minimum Gasteiger partial charge on any atom is -0.465 e. The molecule has 1 amide bonds. The van der Waals surface area contributed by atoms with Crippen LogP contribution in [0, 0.1) is 5.92 Å². The van der Waals surface area contributed by atoms with Crippen molar-refractivity contribution >= 4 is 29.2 Å². The number of benzene rings is 2. The average Bonchev–Trinajstić information content (AvgIpc) is 3.27. The number of piperidine rings is 1. The second-order valence-corrected chi connectivity index (χ2v) is 8.00. The SMILES string of the molecule is COC(=O)c1ccccc1NC(=O)C1CCCN(Cc2nc(-c3ccccc3Cl)no2)C1. The third-order valence-corrected chi connectivity index (χ3v) is 5.74. The molecule has 2 aromatic carbocycles. The Morgan fingerprint density at radius 3 is 2.81 bits per heavy atom. The lowest BCUT2D eigenvalue weighted by Gasteiger charge is -2.31. The van der Waals surface area contributed by atoms with Gasteiger partial charge in [0.05, 0.1) is 35.8 Å². The van der Waals surface area contributed by atoms with E-state index in [4.69, 9.17) is 20.9 Å². The highest BCUT2D eigenvalue weighted by atomic mass is 35.5. The summed E-state index contributed by atoms with van der Waals surface area (Å²) in [4.78, 5) is 31.4. The lowest BCUT2D eigenvalue weighted by Crippen LogP contribution is -2.40. The number of rotatable bonds is 6. The number of carbonyl (C=O) groups excluding carboxylic acids is 2. The molecule has 32 heavy (non-hydrogen) atoms. The van der Waals surface area contributed by atoms with Crippen LogP contribution < -0.4 is 5.32 Å². The first-order valence-electron chi connectivity index (χ1n) is 10.3. The predicted octanol–water partition coefficient (Wildman–Crippen LogP) is 4.03. The molecule has 0 aliphatic carbocycles. The number of ether oxygens (including phenoxy) is 1. The Labute approximate surface area is 190 Å². The maximum absolute atomic E-state index is 12.9. The number of nitrogens with one attached hydrogen (secondary N) is 1. The zero-order valence-corrected chi connectivity index (χ0v) is 18.3. The predicted molar refractivity (Wildman–Crippen MR) is 119 cm³/mol. The largest absolute Gasteiger partial charge is 0.465 e. The van der Waals surface area contributed by atoms with E-state index in [1.165, 1.54) is 7.11 Å². The normalized spacial score (nSPS) is 16.5. The summed E-state index contributed by atoms with van der Waals surface area (Å²) in [6.07, 6.45) is 1.62. The Hall–Kier alpha value is -3.23. The lowest BCUT2D eigenvalue weighted by atomic mass is 9.97. The van der Waals surface area contributed by atoms with Crippen molar-refractivity contribution in [3.05, 3.63) is 65.0 Å². The van der Waals surface area contributed by atoms with Crippen molar-refractivity contribution in [2.45, 2.75) is 19.4 Å². The third-order valence-electron chi connectivity index (χ3n) is 5.41. The zero-order chi connectivity index (χ0) is 22.5. The van der Waals surface area contributed by atoms with Gasteiger partial charge in [0.15, 0.2) is 0 Å². The van der Waals surface area contributed by atoms with Gasteiger partial charge in [0, 0.05) is 12.1 Å². The van der Waals surface area contributed by atoms with Crippen molar-refractivity contribution in [3.8, 4) is 11.4 Å². The molecule has 1 fully saturated rings. The van der Waals surface area contributed by atoms with Crippen LogP contribution in [0.3, 0.4) is 0 Å². The fraction of sp³-hybridized carbons (Fsp3) is 0.304. The first kappa shape index (κ1) is 22.0. The highest BCUT2D eigenvalue weighted by molar-refractivity contribution is 6.33. The summed E-state index contributed by atoms with van der Waals surface area (Å²) in [7, 11) is 1.31. The van der Waals surface area contributed by atoms with Crippen molar-refractivity contribution in [1.82, 2.24) is 15.0 Å². The number of methoxy groups -OCH3 is 1. The highest BCUT2D eigenvalue weighted by Gasteiger charge is 2.28. The van der Waals surface area contributed by atoms with Gasteiger partial charge in [0.1, 0.15) is 0 Å². The topological polar surface area (TPSA) is 97.6 Å². The minimum atomic E-state index is -0.489. The monoisotopic (exact) mass is 454 g/mol. The molecule has 1 aromatic heterocycles. The molecule has 8 nitrogen and oxygen atoms in total. The highest BCUT2D eigenvalue weighted by Crippen LogP contribution is 2.26. The molecule has 1 N–H and O–H groups in total. The van der Waals surface area contributed by atoms with E-state index in [9.17, 15) is 9.59 Å². The van der Waals surface area contributed by atoms with E-state index in [1.54, 1.807) is 30.3 Å². The van der Waals surface area contributed by atoms with E-state index < -0.39 is 5.97 Å². The van der Waals surface area contributed by atoms with Crippen LogP contribution in [0.4, 0.5) is 5.69 Å². The van der Waals surface area contributed by atoms with Crippen LogP contribution in [0.25, 0.3) is 11.4 Å². The van der Waals surface area contributed by atoms with Gasteiger partial charge < -0.3 is 14.6 Å². The molecule has 1 atom stereocenters. The number of hydrogen-bond donors (Lipinski definition) is 1. The van der Waals surface area contributed by atoms with Crippen LogP contribution in [0.5, 0.6) is 0 Å². The fourth-order valence-corrected chi connectivity index (χ4v) is 4.01. The summed E-state index contributed by atoms with van der Waals surface area (Å²) in [6, 6.07) is 14.1. The van der Waals surface area contributed by atoms with Crippen molar-refractivity contribution < 1.29 is 18.8 Å². The first-order chi connectivity index (χ1) is 15.5. The van der Waals surface area contributed by atoms with Gasteiger partial charge in [0.2, 0.25) is 17.6 Å². The van der Waals surface area contributed by atoms with Crippen LogP contribution in [0.2, 0.25) is 5.02 Å². The number of likely N-dealkylation sites (tertiary alicyclic amines) is 1. The molecule has 0 saturated carbocycles. The van der Waals surface area contributed by atoms with E-state index in [2.05, 4.69) is 20.4 Å². The summed E-state index contributed by atoms with van der Waals surface area (Å²) in [5.41, 5.74) is 1.49. The van der Waals surface area contributed by atoms with E-state index >= 15 is 0 Å². The number of nitrogens with zero attached hydrogens (tertiary/aromatic N) is 3. The van der Waals surface area contributed by atoms with Crippen molar-refractivity contribution in [3.63, 3.8) is 0 Å². The third kappa shape index (κ3) is 4.98. The Balaban J connectivity index is 1.40. The quantitative estimate of drug-likeness (QED) is 0.561. The lowest BCUT2D eigenvalue weighted by molar-refractivity contribution is -0.121. The van der Waals surface area contributed by atoms with Crippen LogP contribution in [0.15, 0.2) is 53.1 Å². The van der Waals surface area contributed by atoms with Gasteiger partial charge in [-0.05, 0) is 43.7 Å². The van der Waals surface area contributed by atoms with Gasteiger partial charge in [-0.2, -0.15) is 4.98 Å². The number of para-hydroxylation sites is 1. The van der Waals surface area contributed by atoms with E-state index in [0.717, 1.165) is 19.4 Å². The standard InChI is InChI=1S/C23H23ClN4O4/c1-31-23(30)17-9-3-5-11-19(17)25-22(29)15-7-6-12-28(13-15)14-20-26-21(27-32-20)16-8-2-4-10-18(16)24/h2-5,8-11,15H,6-7,12-14H2,1H3,(H,25,29). The van der Waals surface area contributed by atoms with E-state index in [-0.39, 0.29) is 11.8 Å². The molecule has 0 bridgehead atoms. The fourth-order valence-electron chi connectivity index (χ4n) is 3.79. The summed E-state index contributed by atoms with van der Waals surface area (Å²) < 4.78 is 10.2. The summed E-state index contributed by atoms with van der Waals surface area (Å²) in [5.74, 6) is 0.0685. The molecule has 0 radical (unpaired) electrons. The molecule has 4 rings (SSSR count). The first-order valence-corrected chi connectivity index (χ1v) is 10.7. The second kappa shape index (κ2) is 9.93. The van der Waals surface area contributed by atoms with Gasteiger partial charge in [-0.1, -0.05) is 41.0 Å². The zero-order valence-electron chi connectivity index (χ0n) is 17.6. The molecule has 1 unspecified atom stereocenters. The maximum Gasteiger partial charge on any atom is 0.339 e. The Morgan fingerprint density at radius 1 is 1.22 bits per heavy atom. The molecule has 1 saturated heterocycles. The van der Waals surface area contributed by atoms with Crippen LogP contribution >= 0.6 is 11.6 Å². The van der Waals surface area contributed by atoms with Crippen LogP contribution in [-0.2, 0) is 16.1 Å². The molecule has 166 valence electrons. The van der Waals surface area contributed by atoms with Gasteiger partial charge in [-0.15, -0.1) is 0 Å². The Morgan fingerprint density at radius 2 is 2.00 bits per heavy atom. The number of esters is 1. The number of aromatic nitrogens is 2. The van der Waals surface area contributed by atoms with Gasteiger partial charge in [-0.25, -0.2) is 4.79 Å². The van der Waals surface area contributed by atoms with E-state index in [1.807, 2.05) is 18.2 Å². The molecule has 1 aliphatic heterocycles. The smallest absolute Gasteiger partial charge is 0.339 e. The molecule has 2 heterocycles. The average molecular weight is 455 g/mol. The molecule has 9 heteroatoms. The van der Waals surface area contributed by atoms with Crippen molar-refractivity contribution in [2.75, 3.05) is 25.5 Å². The Bertz CT molecular complexity index is 1120. The van der Waals surface area contributed by atoms with Gasteiger partial charge >= 0.3 is 5.97 Å². The minimum absolute atomic E-state index is 0.131. The van der Waals surface area contributed by atoms with Crippen molar-refractivity contribution in [1.29, 1.82) is 0 Å². The van der Waals surface area contributed by atoms with Crippen molar-refractivity contribution in [2.24, 2.45) is 5.92 Å². The molecule has 3 aromatic rings. The summed E-state index contributed by atoms with van der Waals surface area (Å²) in [5, 5.41) is 7.47. The van der Waals surface area contributed by atoms with Gasteiger partial charge in [-0.3, -0.25) is 9.69 Å². The molecule has 1 aliphatic rings. The Kier molecular flexibility index (Phi) is 6.82. The van der Waals surface area contributed by atoms with Gasteiger partial charge in [0.25, 0.3) is 0 Å². The summed E-state index contributed by atoms with van der Waals surface area (Å²) in [6.45, 7) is 1.82. The summed E-state index contributed by atoms with van der Waals surface area (Å²) >= 11 is 6.21. The number of anilines is 1. The molecule has 0 spiro atoms.